The summed E-state index contributed by atoms with van der Waals surface area (Å²) in [6.07, 6.45) is -1.49. The summed E-state index contributed by atoms with van der Waals surface area (Å²) < 4.78 is 26.2. The summed E-state index contributed by atoms with van der Waals surface area (Å²) in [7, 11) is 1.87. The second-order valence-corrected chi connectivity index (χ2v) is 7.61. The molecule has 0 fully saturated rings. The van der Waals surface area contributed by atoms with Gasteiger partial charge in [-0.05, 0) is 11.6 Å². The van der Waals surface area contributed by atoms with E-state index < -0.39 is 12.4 Å². The van der Waals surface area contributed by atoms with Crippen molar-refractivity contribution < 1.29 is 18.8 Å². The zero-order valence-corrected chi connectivity index (χ0v) is 16.9. The van der Waals surface area contributed by atoms with Crippen LogP contribution in [0.4, 0.5) is 10.1 Å². The third kappa shape index (κ3) is 4.87. The molecule has 1 aromatic heterocycles. The Hall–Kier alpha value is -2.74. The number of para-hydroxylation sites is 1. The van der Waals surface area contributed by atoms with Gasteiger partial charge in [-0.15, -0.1) is 0 Å². The number of alkyl halides is 1. The monoisotopic (exact) mass is 411 g/mol. The van der Waals surface area contributed by atoms with Gasteiger partial charge in [-0.3, -0.25) is 5.32 Å². The van der Waals surface area contributed by atoms with Gasteiger partial charge in [-0.2, -0.15) is 0 Å². The van der Waals surface area contributed by atoms with Crippen LogP contribution in [0.1, 0.15) is 41.4 Å². The van der Waals surface area contributed by atoms with E-state index in [0.717, 1.165) is 11.3 Å². The highest BCUT2D eigenvalue weighted by molar-refractivity contribution is 5.54. The first-order chi connectivity index (χ1) is 14.6. The van der Waals surface area contributed by atoms with Crippen LogP contribution in [0.3, 0.4) is 0 Å². The minimum atomic E-state index is -1.18. The summed E-state index contributed by atoms with van der Waals surface area (Å²) in [6.45, 7) is 0.605. The lowest BCUT2D eigenvalue weighted by atomic mass is 10.0. The normalized spacial score (nSPS) is 20.7. The minimum absolute atomic E-state index is 0.177. The maximum Gasteiger partial charge on any atom is 0.151 e. The summed E-state index contributed by atoms with van der Waals surface area (Å²) in [5.41, 5.74) is 2.90. The molecular weight excluding hydrogens is 385 g/mol. The van der Waals surface area contributed by atoms with E-state index in [9.17, 15) is 5.11 Å². The van der Waals surface area contributed by atoms with E-state index in [1.165, 1.54) is 0 Å². The number of aromatic nitrogens is 1. The first-order valence-electron chi connectivity index (χ1n) is 10.1. The smallest absolute Gasteiger partial charge is 0.151 e. The van der Waals surface area contributed by atoms with Crippen LogP contribution in [-0.2, 0) is 11.2 Å². The SMILES string of the molecule is CN1COCC(NC(O)c2cc(Cc3ccccc3)on2)CC(F)c2ccccc21. The molecule has 1 aliphatic rings. The summed E-state index contributed by atoms with van der Waals surface area (Å²) in [5.74, 6) is 0.654. The summed E-state index contributed by atoms with van der Waals surface area (Å²) in [4.78, 5) is 1.88. The van der Waals surface area contributed by atoms with Crippen LogP contribution in [0.15, 0.2) is 65.2 Å². The topological polar surface area (TPSA) is 70.8 Å². The van der Waals surface area contributed by atoms with Crippen LogP contribution >= 0.6 is 0 Å². The average molecular weight is 411 g/mol. The fourth-order valence-corrected chi connectivity index (χ4v) is 3.71. The lowest BCUT2D eigenvalue weighted by Crippen LogP contribution is -2.38. The molecule has 0 saturated heterocycles. The molecule has 158 valence electrons. The fourth-order valence-electron chi connectivity index (χ4n) is 3.71. The lowest BCUT2D eigenvalue weighted by Gasteiger charge is -2.22. The predicted molar refractivity (Wildman–Crippen MR) is 112 cm³/mol. The molecule has 0 radical (unpaired) electrons. The minimum Gasteiger partial charge on any atom is -0.373 e. The van der Waals surface area contributed by atoms with Crippen LogP contribution in [0, 0.1) is 0 Å². The number of rotatable bonds is 5. The number of fused-ring (bicyclic) bond motifs is 1. The number of hydrogen-bond donors (Lipinski definition) is 2. The molecule has 7 heteroatoms. The van der Waals surface area contributed by atoms with Crippen LogP contribution in [-0.4, -0.2) is 36.7 Å². The average Bonchev–Trinajstić information content (AvgIpc) is 3.23. The van der Waals surface area contributed by atoms with Crippen molar-refractivity contribution in [3.05, 3.63) is 83.2 Å². The molecule has 0 saturated carbocycles. The number of halogens is 1. The number of nitrogens with one attached hydrogen (secondary N) is 1. The number of ether oxygens (including phenoxy) is 1. The molecule has 2 aromatic carbocycles. The van der Waals surface area contributed by atoms with Crippen LogP contribution in [0.25, 0.3) is 0 Å². The highest BCUT2D eigenvalue weighted by Gasteiger charge is 2.26. The highest BCUT2D eigenvalue weighted by Crippen LogP contribution is 2.32. The second-order valence-electron chi connectivity index (χ2n) is 7.61. The number of nitrogens with zero attached hydrogens (tertiary/aromatic N) is 2. The van der Waals surface area contributed by atoms with Crippen molar-refractivity contribution in [2.75, 3.05) is 25.3 Å². The maximum atomic E-state index is 15.1. The largest absolute Gasteiger partial charge is 0.373 e. The second kappa shape index (κ2) is 9.38. The molecule has 3 aromatic rings. The molecule has 2 N–H and O–H groups in total. The quantitative estimate of drug-likeness (QED) is 0.624. The van der Waals surface area contributed by atoms with Gasteiger partial charge in [0.15, 0.2) is 6.23 Å². The van der Waals surface area contributed by atoms with E-state index in [0.29, 0.717) is 30.2 Å². The van der Waals surface area contributed by atoms with Crippen molar-refractivity contribution in [3.63, 3.8) is 0 Å². The zero-order chi connectivity index (χ0) is 20.9. The maximum absolute atomic E-state index is 15.1. The van der Waals surface area contributed by atoms with Gasteiger partial charge < -0.3 is 19.3 Å². The summed E-state index contributed by atoms with van der Waals surface area (Å²) in [5, 5.41) is 17.6. The van der Waals surface area contributed by atoms with E-state index in [1.54, 1.807) is 12.1 Å². The van der Waals surface area contributed by atoms with Crippen molar-refractivity contribution in [1.82, 2.24) is 10.5 Å². The van der Waals surface area contributed by atoms with Gasteiger partial charge in [0.2, 0.25) is 0 Å². The van der Waals surface area contributed by atoms with E-state index in [4.69, 9.17) is 9.26 Å². The van der Waals surface area contributed by atoms with Gasteiger partial charge in [-0.1, -0.05) is 53.7 Å². The van der Waals surface area contributed by atoms with Gasteiger partial charge in [0.1, 0.15) is 24.4 Å². The van der Waals surface area contributed by atoms with Gasteiger partial charge >= 0.3 is 0 Å². The molecule has 6 nitrogen and oxygen atoms in total. The van der Waals surface area contributed by atoms with E-state index in [2.05, 4.69) is 10.5 Å². The molecule has 30 heavy (non-hydrogen) atoms. The molecule has 1 aliphatic heterocycles. The first-order valence-corrected chi connectivity index (χ1v) is 10.1. The predicted octanol–water partition coefficient (Wildman–Crippen LogP) is 3.74. The van der Waals surface area contributed by atoms with E-state index in [-0.39, 0.29) is 19.1 Å². The molecule has 3 unspecified atom stereocenters. The molecule has 0 aliphatic carbocycles. The third-order valence-electron chi connectivity index (χ3n) is 5.25. The van der Waals surface area contributed by atoms with E-state index >= 15 is 4.39 Å². The summed E-state index contributed by atoms with van der Waals surface area (Å²) >= 11 is 0. The molecule has 3 atom stereocenters. The highest BCUT2D eigenvalue weighted by atomic mass is 19.1. The Morgan fingerprint density at radius 2 is 1.97 bits per heavy atom. The Bertz CT molecular complexity index is 950. The number of benzene rings is 2. The van der Waals surface area contributed by atoms with Crippen molar-refractivity contribution >= 4 is 5.69 Å². The van der Waals surface area contributed by atoms with Crippen LogP contribution in [0.5, 0.6) is 0 Å². The third-order valence-corrected chi connectivity index (χ3v) is 5.25. The first kappa shape index (κ1) is 20.5. The van der Waals surface area contributed by atoms with Crippen molar-refractivity contribution in [1.29, 1.82) is 0 Å². The fraction of sp³-hybridized carbons (Fsp3) is 0.348. The Labute approximate surface area is 175 Å². The van der Waals surface area contributed by atoms with Crippen molar-refractivity contribution in [3.8, 4) is 0 Å². The Morgan fingerprint density at radius 3 is 2.80 bits per heavy atom. The van der Waals surface area contributed by atoms with Gasteiger partial charge in [-0.25, -0.2) is 4.39 Å². The van der Waals surface area contributed by atoms with Gasteiger partial charge in [0.25, 0.3) is 0 Å². The van der Waals surface area contributed by atoms with E-state index in [1.807, 2.05) is 60.5 Å². The Balaban J connectivity index is 1.42. The number of hydrogen-bond acceptors (Lipinski definition) is 6. The Kier molecular flexibility index (Phi) is 6.42. The van der Waals surface area contributed by atoms with Crippen LogP contribution < -0.4 is 10.2 Å². The Morgan fingerprint density at radius 1 is 1.20 bits per heavy atom. The van der Waals surface area contributed by atoms with Crippen molar-refractivity contribution in [2.45, 2.75) is 31.3 Å². The number of aliphatic hydroxyl groups is 1. The molecule has 0 bridgehead atoms. The standard InChI is InChI=1S/C23H26FN3O3/c1-27-15-29-14-17(12-20(24)19-9-5-6-10-22(19)27)25-23(28)21-13-18(30-26-21)11-16-7-3-2-4-8-16/h2-10,13,17,20,23,25,28H,11-12,14-15H2,1H3. The lowest BCUT2D eigenvalue weighted by molar-refractivity contribution is 0.0587. The molecule has 4 rings (SSSR count). The number of anilines is 1. The number of aliphatic hydroxyl groups excluding tert-OH is 1. The molecule has 0 spiro atoms. The molecule has 2 heterocycles. The van der Waals surface area contributed by atoms with Crippen molar-refractivity contribution in [2.24, 2.45) is 0 Å². The van der Waals surface area contributed by atoms with Gasteiger partial charge in [0, 0.05) is 43.2 Å². The molecular formula is C23H26FN3O3. The summed E-state index contributed by atoms with van der Waals surface area (Å²) in [6, 6.07) is 18.6. The van der Waals surface area contributed by atoms with Crippen LogP contribution in [0.2, 0.25) is 0 Å². The molecule has 0 amide bonds. The zero-order valence-electron chi connectivity index (χ0n) is 16.9. The van der Waals surface area contributed by atoms with Gasteiger partial charge in [0.05, 0.1) is 6.61 Å².